The number of ether oxygens (including phenoxy) is 1. The summed E-state index contributed by atoms with van der Waals surface area (Å²) in [5.74, 6) is 0.584. The van der Waals surface area contributed by atoms with Gasteiger partial charge in [0.2, 0.25) is 5.91 Å². The number of hydrogen-bond acceptors (Lipinski definition) is 4. The van der Waals surface area contributed by atoms with Crippen molar-refractivity contribution < 1.29 is 24.2 Å². The van der Waals surface area contributed by atoms with E-state index in [1.165, 1.54) is 12.8 Å². The van der Waals surface area contributed by atoms with Crippen molar-refractivity contribution in [3.8, 4) is 11.1 Å². The van der Waals surface area contributed by atoms with Crippen LogP contribution < -0.4 is 10.6 Å². The Kier molecular flexibility index (Phi) is 6.26. The van der Waals surface area contributed by atoms with Gasteiger partial charge in [-0.15, -0.1) is 0 Å². The molecule has 2 saturated carbocycles. The summed E-state index contributed by atoms with van der Waals surface area (Å²) in [6, 6.07) is 15.2. The number of benzene rings is 2. The highest BCUT2D eigenvalue weighted by molar-refractivity contribution is 5.86. The van der Waals surface area contributed by atoms with E-state index in [9.17, 15) is 14.4 Å². The Balaban J connectivity index is 1.19. The molecule has 2 fully saturated rings. The Morgan fingerprint density at radius 2 is 1.68 bits per heavy atom. The maximum atomic E-state index is 12.8. The van der Waals surface area contributed by atoms with Gasteiger partial charge in [-0.1, -0.05) is 48.5 Å². The Morgan fingerprint density at radius 3 is 2.26 bits per heavy atom. The average molecular weight is 463 g/mol. The van der Waals surface area contributed by atoms with Gasteiger partial charge in [-0.05, 0) is 65.7 Å². The molecule has 0 bridgehead atoms. The summed E-state index contributed by atoms with van der Waals surface area (Å²) in [6.07, 6.45) is 2.69. The number of aliphatic carboxylic acids is 1. The molecular formula is C27H30N2O5. The molecule has 34 heavy (non-hydrogen) atoms. The standard InChI is InChI=1S/C27H30N2O5/c30-25(31)12-11-24(26(32)28-14-17-10-9-16-13-22(16)17)29-27(33)34-15-23-20-7-3-1-5-18(20)19-6-2-4-8-21(19)23/h1-8,16-17,22-24H,9-15H2,(H,28,32)(H,29,33)(H,30,31)/t16-,17?,22+,24?/m1/s1. The van der Waals surface area contributed by atoms with Crippen molar-refractivity contribution in [1.82, 2.24) is 10.6 Å². The van der Waals surface area contributed by atoms with Gasteiger partial charge in [0.05, 0.1) is 0 Å². The fourth-order valence-corrected chi connectivity index (χ4v) is 5.75. The minimum Gasteiger partial charge on any atom is -0.481 e. The average Bonchev–Trinajstić information content (AvgIpc) is 3.40. The number of carboxylic acids is 1. The number of fused-ring (bicyclic) bond motifs is 4. The molecule has 2 unspecified atom stereocenters. The fourth-order valence-electron chi connectivity index (χ4n) is 5.75. The number of alkyl carbamates (subject to hydrolysis) is 1. The third-order valence-electron chi connectivity index (χ3n) is 7.63. The Hall–Kier alpha value is -3.35. The van der Waals surface area contributed by atoms with E-state index in [1.54, 1.807) is 0 Å². The smallest absolute Gasteiger partial charge is 0.407 e. The molecule has 0 aromatic heterocycles. The molecule has 7 nitrogen and oxygen atoms in total. The van der Waals surface area contributed by atoms with Crippen LogP contribution in [0.3, 0.4) is 0 Å². The predicted molar refractivity (Wildman–Crippen MR) is 126 cm³/mol. The van der Waals surface area contributed by atoms with E-state index < -0.39 is 18.1 Å². The first-order valence-corrected chi connectivity index (χ1v) is 12.1. The Bertz CT molecular complexity index is 1050. The number of amides is 2. The SMILES string of the molecule is O=C(O)CCC(NC(=O)OCC1c2ccccc2-c2ccccc21)C(=O)NCC1CC[C@@H]2C[C@H]12. The normalized spacial score (nSPS) is 22.8. The van der Waals surface area contributed by atoms with E-state index in [0.717, 1.165) is 34.6 Å². The maximum Gasteiger partial charge on any atom is 0.407 e. The summed E-state index contributed by atoms with van der Waals surface area (Å²) < 4.78 is 5.55. The van der Waals surface area contributed by atoms with Gasteiger partial charge < -0.3 is 20.5 Å². The van der Waals surface area contributed by atoms with Crippen LogP contribution in [-0.4, -0.2) is 42.3 Å². The lowest BCUT2D eigenvalue weighted by Crippen LogP contribution is -2.48. The maximum absolute atomic E-state index is 12.8. The summed E-state index contributed by atoms with van der Waals surface area (Å²) in [5.41, 5.74) is 4.48. The van der Waals surface area contributed by atoms with Gasteiger partial charge in [-0.3, -0.25) is 9.59 Å². The minimum atomic E-state index is -1.01. The van der Waals surface area contributed by atoms with Crippen LogP contribution in [0, 0.1) is 17.8 Å². The lowest BCUT2D eigenvalue weighted by atomic mass is 9.98. The molecule has 4 atom stereocenters. The molecule has 0 saturated heterocycles. The van der Waals surface area contributed by atoms with Crippen LogP contribution in [-0.2, 0) is 14.3 Å². The number of hydrogen-bond donors (Lipinski definition) is 3. The molecule has 0 heterocycles. The number of rotatable bonds is 9. The van der Waals surface area contributed by atoms with Crippen LogP contribution in [0.1, 0.15) is 49.1 Å². The lowest BCUT2D eigenvalue weighted by molar-refractivity contribution is -0.137. The number of carboxylic acid groups (broad SMARTS) is 1. The quantitative estimate of drug-likeness (QED) is 0.524. The molecule has 2 aromatic rings. The van der Waals surface area contributed by atoms with Crippen molar-refractivity contribution >= 4 is 18.0 Å². The van der Waals surface area contributed by atoms with Crippen LogP contribution in [0.25, 0.3) is 11.1 Å². The molecule has 7 heteroatoms. The number of nitrogens with one attached hydrogen (secondary N) is 2. The largest absolute Gasteiger partial charge is 0.481 e. The van der Waals surface area contributed by atoms with Crippen LogP contribution in [0.4, 0.5) is 4.79 Å². The fraction of sp³-hybridized carbons (Fsp3) is 0.444. The van der Waals surface area contributed by atoms with Crippen LogP contribution in [0.5, 0.6) is 0 Å². The van der Waals surface area contributed by atoms with Crippen molar-refractivity contribution in [3.63, 3.8) is 0 Å². The lowest BCUT2D eigenvalue weighted by Gasteiger charge is -2.20. The monoisotopic (exact) mass is 462 g/mol. The molecule has 3 N–H and O–H groups in total. The third-order valence-corrected chi connectivity index (χ3v) is 7.63. The minimum absolute atomic E-state index is 0.0160. The molecular weight excluding hydrogens is 432 g/mol. The molecule has 178 valence electrons. The molecule has 0 aliphatic heterocycles. The summed E-state index contributed by atoms with van der Waals surface area (Å²) >= 11 is 0. The van der Waals surface area contributed by atoms with Crippen molar-refractivity contribution in [2.24, 2.45) is 17.8 Å². The molecule has 5 rings (SSSR count). The summed E-state index contributed by atoms with van der Waals surface area (Å²) in [6.45, 7) is 0.716. The Morgan fingerprint density at radius 1 is 1.00 bits per heavy atom. The van der Waals surface area contributed by atoms with Gasteiger partial charge >= 0.3 is 12.1 Å². The predicted octanol–water partition coefficient (Wildman–Crippen LogP) is 3.92. The topological polar surface area (TPSA) is 105 Å². The van der Waals surface area contributed by atoms with Crippen molar-refractivity contribution in [2.75, 3.05) is 13.2 Å². The van der Waals surface area contributed by atoms with Gasteiger partial charge in [0, 0.05) is 18.9 Å². The first-order valence-electron chi connectivity index (χ1n) is 12.1. The van der Waals surface area contributed by atoms with Crippen LogP contribution in [0.2, 0.25) is 0 Å². The molecule has 0 radical (unpaired) electrons. The van der Waals surface area contributed by atoms with E-state index in [2.05, 4.69) is 22.8 Å². The van der Waals surface area contributed by atoms with Crippen molar-refractivity contribution in [2.45, 2.75) is 44.1 Å². The zero-order valence-corrected chi connectivity index (χ0v) is 19.0. The van der Waals surface area contributed by atoms with E-state index >= 15 is 0 Å². The number of carbonyl (C=O) groups excluding carboxylic acids is 2. The van der Waals surface area contributed by atoms with Gasteiger partial charge in [0.15, 0.2) is 0 Å². The molecule has 3 aliphatic carbocycles. The second-order valence-corrected chi connectivity index (χ2v) is 9.70. The Labute approximate surface area is 198 Å². The highest BCUT2D eigenvalue weighted by Crippen LogP contribution is 2.55. The van der Waals surface area contributed by atoms with E-state index in [4.69, 9.17) is 9.84 Å². The van der Waals surface area contributed by atoms with E-state index in [0.29, 0.717) is 18.4 Å². The van der Waals surface area contributed by atoms with Gasteiger partial charge in [-0.25, -0.2) is 4.79 Å². The van der Waals surface area contributed by atoms with Gasteiger partial charge in [0.1, 0.15) is 12.6 Å². The van der Waals surface area contributed by atoms with Crippen LogP contribution in [0.15, 0.2) is 48.5 Å². The van der Waals surface area contributed by atoms with E-state index in [1.807, 2.05) is 36.4 Å². The third kappa shape index (κ3) is 4.65. The first kappa shape index (κ1) is 22.4. The van der Waals surface area contributed by atoms with Gasteiger partial charge in [0.25, 0.3) is 0 Å². The molecule has 0 spiro atoms. The number of carbonyl (C=O) groups is 3. The summed E-state index contributed by atoms with van der Waals surface area (Å²) in [5, 5.41) is 14.6. The van der Waals surface area contributed by atoms with Crippen LogP contribution >= 0.6 is 0 Å². The summed E-state index contributed by atoms with van der Waals surface area (Å²) in [4.78, 5) is 36.5. The van der Waals surface area contributed by atoms with Gasteiger partial charge in [-0.2, -0.15) is 0 Å². The van der Waals surface area contributed by atoms with Crippen molar-refractivity contribution in [3.05, 3.63) is 59.7 Å². The molecule has 3 aliphatic rings. The van der Waals surface area contributed by atoms with Crippen molar-refractivity contribution in [1.29, 1.82) is 0 Å². The first-order chi connectivity index (χ1) is 16.5. The summed E-state index contributed by atoms with van der Waals surface area (Å²) in [7, 11) is 0. The zero-order chi connectivity index (χ0) is 23.7. The zero-order valence-electron chi connectivity index (χ0n) is 19.0. The highest BCUT2D eigenvalue weighted by Gasteiger charge is 2.47. The second-order valence-electron chi connectivity index (χ2n) is 9.70. The van der Waals surface area contributed by atoms with E-state index in [-0.39, 0.29) is 31.3 Å². The highest BCUT2D eigenvalue weighted by atomic mass is 16.5. The second kappa shape index (κ2) is 9.49. The molecule has 2 aromatic carbocycles. The molecule has 2 amide bonds.